The molecule has 1 amide bonds. The van der Waals surface area contributed by atoms with Crippen LogP contribution in [0.1, 0.15) is 23.2 Å². The molecule has 1 fully saturated rings. The van der Waals surface area contributed by atoms with Crippen LogP contribution in [0.5, 0.6) is 0 Å². The molecule has 0 aliphatic heterocycles. The molecule has 7 nitrogen and oxygen atoms in total. The van der Waals surface area contributed by atoms with Gasteiger partial charge in [-0.2, -0.15) is 0 Å². The number of carboxylic acids is 1. The summed E-state index contributed by atoms with van der Waals surface area (Å²) in [6.45, 7) is -0.253. The number of carbonyl (C=O) groups is 2. The van der Waals surface area contributed by atoms with E-state index in [4.69, 9.17) is 5.11 Å². The van der Waals surface area contributed by atoms with E-state index in [0.29, 0.717) is 5.56 Å². The van der Waals surface area contributed by atoms with Gasteiger partial charge in [-0.25, -0.2) is 0 Å². The predicted molar refractivity (Wildman–Crippen MR) is 73.1 cm³/mol. The Kier molecular flexibility index (Phi) is 3.39. The lowest BCUT2D eigenvalue weighted by Gasteiger charge is -2.20. The van der Waals surface area contributed by atoms with Crippen LogP contribution in [0, 0.1) is 0 Å². The van der Waals surface area contributed by atoms with E-state index in [9.17, 15) is 9.59 Å². The highest BCUT2D eigenvalue weighted by atomic mass is 16.4. The molecule has 0 saturated heterocycles. The van der Waals surface area contributed by atoms with Gasteiger partial charge in [0.15, 0.2) is 0 Å². The van der Waals surface area contributed by atoms with Crippen molar-refractivity contribution in [3.05, 3.63) is 42.5 Å². The zero-order chi connectivity index (χ0) is 14.8. The summed E-state index contributed by atoms with van der Waals surface area (Å²) in [4.78, 5) is 24.7. The average molecular weight is 286 g/mol. The van der Waals surface area contributed by atoms with Crippen LogP contribution in [0.3, 0.4) is 0 Å². The number of carbonyl (C=O) groups excluding carboxylic acids is 1. The first-order valence-corrected chi connectivity index (χ1v) is 6.63. The van der Waals surface area contributed by atoms with Crippen molar-refractivity contribution in [1.82, 2.24) is 19.7 Å². The highest BCUT2D eigenvalue weighted by Gasteiger charge is 2.34. The summed E-state index contributed by atoms with van der Waals surface area (Å²) in [5.74, 6) is -1.23. The molecule has 1 N–H and O–H groups in total. The third-order valence-electron chi connectivity index (χ3n) is 3.39. The van der Waals surface area contributed by atoms with Crippen molar-refractivity contribution in [3.63, 3.8) is 0 Å². The monoisotopic (exact) mass is 286 g/mol. The van der Waals surface area contributed by atoms with Gasteiger partial charge in [-0.3, -0.25) is 14.2 Å². The normalized spacial score (nSPS) is 13.9. The molecule has 1 aliphatic rings. The van der Waals surface area contributed by atoms with E-state index >= 15 is 0 Å². The van der Waals surface area contributed by atoms with Gasteiger partial charge in [0.1, 0.15) is 19.2 Å². The maximum Gasteiger partial charge on any atom is 0.323 e. The Hall–Kier alpha value is -2.70. The first-order valence-electron chi connectivity index (χ1n) is 6.63. The number of benzene rings is 1. The van der Waals surface area contributed by atoms with E-state index < -0.39 is 5.97 Å². The van der Waals surface area contributed by atoms with E-state index in [0.717, 1.165) is 18.5 Å². The number of nitrogens with zero attached hydrogens (tertiary/aromatic N) is 4. The van der Waals surface area contributed by atoms with Crippen LogP contribution in [-0.2, 0) is 4.79 Å². The first kappa shape index (κ1) is 13.3. The van der Waals surface area contributed by atoms with Crippen LogP contribution in [-0.4, -0.2) is 49.2 Å². The van der Waals surface area contributed by atoms with Gasteiger partial charge in [0.05, 0.1) is 0 Å². The summed E-state index contributed by atoms with van der Waals surface area (Å²) >= 11 is 0. The van der Waals surface area contributed by atoms with Gasteiger partial charge in [-0.05, 0) is 37.1 Å². The van der Waals surface area contributed by atoms with E-state index in [1.54, 1.807) is 41.5 Å². The van der Waals surface area contributed by atoms with Gasteiger partial charge in [0.2, 0.25) is 0 Å². The highest BCUT2D eigenvalue weighted by Crippen LogP contribution is 2.28. The number of hydrogen-bond donors (Lipinski definition) is 1. The molecule has 1 heterocycles. The third-order valence-corrected chi connectivity index (χ3v) is 3.39. The molecule has 108 valence electrons. The second-order valence-corrected chi connectivity index (χ2v) is 4.97. The van der Waals surface area contributed by atoms with Crippen molar-refractivity contribution < 1.29 is 14.7 Å². The molecule has 0 atom stereocenters. The number of hydrogen-bond acceptors (Lipinski definition) is 4. The molecular formula is C14H14N4O3. The summed E-state index contributed by atoms with van der Waals surface area (Å²) in [6, 6.07) is 7.00. The lowest BCUT2D eigenvalue weighted by atomic mass is 10.1. The maximum absolute atomic E-state index is 12.4. The zero-order valence-electron chi connectivity index (χ0n) is 11.2. The fraction of sp³-hybridized carbons (Fsp3) is 0.286. The number of rotatable bonds is 5. The Bertz CT molecular complexity index is 647. The molecule has 0 unspecified atom stereocenters. The standard InChI is InChI=1S/C14H14N4O3/c19-13(20)7-18(12-5-6-12)14(21)10-1-3-11(4-2-10)17-8-15-16-9-17/h1-4,8-9,12H,5-7H2,(H,19,20). The molecule has 0 bridgehead atoms. The quantitative estimate of drug-likeness (QED) is 0.884. The van der Waals surface area contributed by atoms with E-state index in [1.807, 2.05) is 0 Å². The largest absolute Gasteiger partial charge is 0.480 e. The Morgan fingerprint density at radius 1 is 1.19 bits per heavy atom. The Balaban J connectivity index is 1.79. The lowest BCUT2D eigenvalue weighted by molar-refractivity contribution is -0.137. The Morgan fingerprint density at radius 2 is 1.81 bits per heavy atom. The molecule has 3 rings (SSSR count). The maximum atomic E-state index is 12.4. The SMILES string of the molecule is O=C(O)CN(C(=O)c1ccc(-n2cnnc2)cc1)C1CC1. The fourth-order valence-corrected chi connectivity index (χ4v) is 2.17. The average Bonchev–Trinajstić information content (AvgIpc) is 3.18. The molecule has 1 aliphatic carbocycles. The van der Waals surface area contributed by atoms with Crippen molar-refractivity contribution in [3.8, 4) is 5.69 Å². The molecule has 7 heteroatoms. The minimum absolute atomic E-state index is 0.0612. The summed E-state index contributed by atoms with van der Waals surface area (Å²) in [5.41, 5.74) is 1.33. The van der Waals surface area contributed by atoms with Crippen LogP contribution in [0.4, 0.5) is 0 Å². The van der Waals surface area contributed by atoms with Crippen molar-refractivity contribution in [2.45, 2.75) is 18.9 Å². The van der Waals surface area contributed by atoms with E-state index in [2.05, 4.69) is 10.2 Å². The van der Waals surface area contributed by atoms with Crippen LogP contribution in [0.2, 0.25) is 0 Å². The molecule has 21 heavy (non-hydrogen) atoms. The number of aliphatic carboxylic acids is 1. The van der Waals surface area contributed by atoms with Crippen molar-refractivity contribution in [1.29, 1.82) is 0 Å². The fourth-order valence-electron chi connectivity index (χ4n) is 2.17. The molecule has 0 spiro atoms. The van der Waals surface area contributed by atoms with Gasteiger partial charge in [0.25, 0.3) is 5.91 Å². The van der Waals surface area contributed by atoms with Gasteiger partial charge < -0.3 is 10.0 Å². The minimum atomic E-state index is -0.989. The lowest BCUT2D eigenvalue weighted by Crippen LogP contribution is -2.37. The molecule has 2 aromatic rings. The minimum Gasteiger partial charge on any atom is -0.480 e. The third kappa shape index (κ3) is 2.91. The highest BCUT2D eigenvalue weighted by molar-refractivity contribution is 5.96. The van der Waals surface area contributed by atoms with Gasteiger partial charge in [0, 0.05) is 17.3 Å². The zero-order valence-corrected chi connectivity index (χ0v) is 11.2. The summed E-state index contributed by atoms with van der Waals surface area (Å²) in [7, 11) is 0. The molecule has 1 saturated carbocycles. The predicted octanol–water partition coefficient (Wildman–Crippen LogP) is 0.956. The molecule has 1 aromatic carbocycles. The molecule has 0 radical (unpaired) electrons. The van der Waals surface area contributed by atoms with Gasteiger partial charge in [-0.15, -0.1) is 10.2 Å². The Morgan fingerprint density at radius 3 is 2.33 bits per heavy atom. The number of amides is 1. The van der Waals surface area contributed by atoms with Crippen LogP contribution in [0.15, 0.2) is 36.9 Å². The Labute approximate surface area is 120 Å². The van der Waals surface area contributed by atoms with Crippen molar-refractivity contribution in [2.75, 3.05) is 6.54 Å². The van der Waals surface area contributed by atoms with E-state index in [1.165, 1.54) is 4.90 Å². The van der Waals surface area contributed by atoms with Crippen LogP contribution < -0.4 is 0 Å². The van der Waals surface area contributed by atoms with E-state index in [-0.39, 0.29) is 18.5 Å². The summed E-state index contributed by atoms with van der Waals surface area (Å²) < 4.78 is 1.73. The van der Waals surface area contributed by atoms with Crippen LogP contribution >= 0.6 is 0 Å². The smallest absolute Gasteiger partial charge is 0.323 e. The van der Waals surface area contributed by atoms with Gasteiger partial charge >= 0.3 is 5.97 Å². The summed E-state index contributed by atoms with van der Waals surface area (Å²) in [5, 5.41) is 16.4. The second-order valence-electron chi connectivity index (χ2n) is 4.97. The molecule has 1 aromatic heterocycles. The van der Waals surface area contributed by atoms with Crippen LogP contribution in [0.25, 0.3) is 5.69 Å². The number of aromatic nitrogens is 3. The van der Waals surface area contributed by atoms with Crippen molar-refractivity contribution in [2.24, 2.45) is 0 Å². The number of carboxylic acid groups (broad SMARTS) is 1. The summed E-state index contributed by atoms with van der Waals surface area (Å²) in [6.07, 6.45) is 4.88. The van der Waals surface area contributed by atoms with Gasteiger partial charge in [-0.1, -0.05) is 0 Å². The van der Waals surface area contributed by atoms with Crippen molar-refractivity contribution >= 4 is 11.9 Å². The second kappa shape index (κ2) is 5.35. The topological polar surface area (TPSA) is 88.3 Å². The first-order chi connectivity index (χ1) is 10.1. The molecular weight excluding hydrogens is 272 g/mol.